The van der Waals surface area contributed by atoms with Crippen molar-refractivity contribution < 1.29 is 4.79 Å². The highest BCUT2D eigenvalue weighted by Crippen LogP contribution is 2.23. The molecule has 27 heavy (non-hydrogen) atoms. The molecule has 0 aliphatic carbocycles. The second-order valence-electron chi connectivity index (χ2n) is 6.03. The number of benzene rings is 2. The predicted octanol–water partition coefficient (Wildman–Crippen LogP) is 3.88. The van der Waals surface area contributed by atoms with E-state index in [9.17, 15) is 4.79 Å². The molecule has 2 aromatic carbocycles. The Morgan fingerprint density at radius 1 is 1.11 bits per heavy atom. The first-order chi connectivity index (χ1) is 13.2. The number of aromatic nitrogens is 4. The van der Waals surface area contributed by atoms with Crippen LogP contribution in [-0.2, 0) is 0 Å². The van der Waals surface area contributed by atoms with Gasteiger partial charge in [0.25, 0.3) is 5.91 Å². The van der Waals surface area contributed by atoms with E-state index in [-0.39, 0.29) is 11.9 Å². The summed E-state index contributed by atoms with van der Waals surface area (Å²) >= 11 is 1.47. The van der Waals surface area contributed by atoms with Gasteiger partial charge in [-0.05, 0) is 24.6 Å². The third kappa shape index (κ3) is 3.78. The van der Waals surface area contributed by atoms with Gasteiger partial charge in [-0.1, -0.05) is 42.5 Å². The zero-order valence-electron chi connectivity index (χ0n) is 14.6. The van der Waals surface area contributed by atoms with Crippen molar-refractivity contribution in [3.05, 3.63) is 83.9 Å². The molecule has 1 unspecified atom stereocenters. The lowest BCUT2D eigenvalue weighted by Crippen LogP contribution is -2.26. The average Bonchev–Trinajstić information content (AvgIpc) is 3.41. The molecule has 0 fully saturated rings. The van der Waals surface area contributed by atoms with E-state index in [1.165, 1.54) is 17.7 Å². The van der Waals surface area contributed by atoms with Crippen molar-refractivity contribution in [1.29, 1.82) is 0 Å². The van der Waals surface area contributed by atoms with Crippen LogP contribution in [0.5, 0.6) is 0 Å². The summed E-state index contributed by atoms with van der Waals surface area (Å²) in [5, 5.41) is 9.74. The van der Waals surface area contributed by atoms with Crippen LogP contribution in [-0.4, -0.2) is 25.7 Å². The van der Waals surface area contributed by atoms with Crippen LogP contribution >= 0.6 is 11.3 Å². The van der Waals surface area contributed by atoms with Crippen LogP contribution in [0.15, 0.2) is 72.6 Å². The van der Waals surface area contributed by atoms with Crippen LogP contribution in [0.2, 0.25) is 0 Å². The summed E-state index contributed by atoms with van der Waals surface area (Å²) in [5.74, 6) is -0.179. The monoisotopic (exact) mass is 375 g/mol. The minimum Gasteiger partial charge on any atom is -0.344 e. The summed E-state index contributed by atoms with van der Waals surface area (Å²) in [7, 11) is 0. The molecule has 7 heteroatoms. The summed E-state index contributed by atoms with van der Waals surface area (Å²) in [6, 6.07) is 17.6. The Bertz CT molecular complexity index is 1030. The van der Waals surface area contributed by atoms with Crippen molar-refractivity contribution in [2.24, 2.45) is 0 Å². The Kier molecular flexibility index (Phi) is 4.76. The molecule has 2 aromatic heterocycles. The number of rotatable bonds is 5. The molecule has 134 valence electrons. The van der Waals surface area contributed by atoms with Crippen molar-refractivity contribution in [2.75, 3.05) is 0 Å². The molecule has 0 saturated carbocycles. The molecule has 4 rings (SSSR count). The van der Waals surface area contributed by atoms with Crippen LogP contribution in [0.25, 0.3) is 16.3 Å². The number of hydrogen-bond acceptors (Lipinski definition) is 5. The van der Waals surface area contributed by atoms with E-state index in [1.807, 2.05) is 61.5 Å². The molecule has 0 aliphatic rings. The van der Waals surface area contributed by atoms with E-state index in [4.69, 9.17) is 0 Å². The zero-order valence-corrected chi connectivity index (χ0v) is 15.4. The molecule has 6 nitrogen and oxygen atoms in total. The zero-order chi connectivity index (χ0) is 18.6. The minimum absolute atomic E-state index is 0.135. The fourth-order valence-corrected chi connectivity index (χ4v) is 3.51. The fourth-order valence-electron chi connectivity index (χ4n) is 2.70. The quantitative estimate of drug-likeness (QED) is 0.574. The van der Waals surface area contributed by atoms with Gasteiger partial charge in [0, 0.05) is 10.9 Å². The van der Waals surface area contributed by atoms with Crippen LogP contribution in [0.3, 0.4) is 0 Å². The van der Waals surface area contributed by atoms with E-state index in [0.717, 1.165) is 21.8 Å². The topological polar surface area (TPSA) is 72.7 Å². The third-order valence-electron chi connectivity index (χ3n) is 4.18. The Labute approximate surface area is 160 Å². The van der Waals surface area contributed by atoms with Crippen LogP contribution < -0.4 is 5.32 Å². The lowest BCUT2D eigenvalue weighted by Gasteiger charge is -2.14. The molecular formula is C20H17N5OS. The maximum atomic E-state index is 12.5. The lowest BCUT2D eigenvalue weighted by molar-refractivity contribution is 0.0935. The van der Waals surface area contributed by atoms with Crippen LogP contribution in [0.1, 0.15) is 29.0 Å². The summed E-state index contributed by atoms with van der Waals surface area (Å²) in [5.41, 5.74) is 3.37. The Morgan fingerprint density at radius 2 is 1.89 bits per heavy atom. The molecule has 0 spiro atoms. The van der Waals surface area contributed by atoms with Gasteiger partial charge in [0.15, 0.2) is 0 Å². The Hall–Kier alpha value is -3.32. The first-order valence-electron chi connectivity index (χ1n) is 8.47. The lowest BCUT2D eigenvalue weighted by atomic mass is 10.1. The van der Waals surface area contributed by atoms with E-state index >= 15 is 0 Å². The number of nitrogens with zero attached hydrogens (tertiary/aromatic N) is 4. The highest BCUT2D eigenvalue weighted by atomic mass is 32.1. The van der Waals surface area contributed by atoms with Gasteiger partial charge in [0.05, 0.1) is 11.7 Å². The van der Waals surface area contributed by atoms with Crippen LogP contribution in [0, 0.1) is 0 Å². The SMILES string of the molecule is CC(NC(=O)c1csc(-c2ccccc2)n1)c1ccc(-n2cncn2)cc1. The molecule has 4 aromatic rings. The second-order valence-corrected chi connectivity index (χ2v) is 6.89. The molecule has 0 saturated heterocycles. The normalized spacial score (nSPS) is 11.9. The predicted molar refractivity (Wildman–Crippen MR) is 105 cm³/mol. The van der Waals surface area contributed by atoms with Crippen molar-refractivity contribution in [1.82, 2.24) is 25.1 Å². The second kappa shape index (κ2) is 7.51. The summed E-state index contributed by atoms with van der Waals surface area (Å²) in [4.78, 5) is 20.9. The maximum Gasteiger partial charge on any atom is 0.271 e. The number of thiazole rings is 1. The standard InChI is InChI=1S/C20H17N5OS/c1-14(15-7-9-17(10-8-15)25-13-21-12-22-25)23-19(26)18-11-27-20(24-18)16-5-3-2-4-6-16/h2-14H,1H3,(H,23,26). The maximum absolute atomic E-state index is 12.5. The summed E-state index contributed by atoms with van der Waals surface area (Å²) in [6.07, 6.45) is 3.14. The number of carbonyl (C=O) groups excluding carboxylic acids is 1. The Morgan fingerprint density at radius 3 is 2.59 bits per heavy atom. The minimum atomic E-state index is -0.179. The number of amides is 1. The van der Waals surface area contributed by atoms with E-state index < -0.39 is 0 Å². The highest BCUT2D eigenvalue weighted by Gasteiger charge is 2.15. The molecule has 0 radical (unpaired) electrons. The van der Waals surface area contributed by atoms with Gasteiger partial charge < -0.3 is 5.32 Å². The fraction of sp³-hybridized carbons (Fsp3) is 0.100. The smallest absolute Gasteiger partial charge is 0.271 e. The number of nitrogens with one attached hydrogen (secondary N) is 1. The van der Waals surface area contributed by atoms with E-state index in [2.05, 4.69) is 20.4 Å². The summed E-state index contributed by atoms with van der Waals surface area (Å²) < 4.78 is 1.69. The Balaban J connectivity index is 1.44. The molecule has 0 aliphatic heterocycles. The third-order valence-corrected chi connectivity index (χ3v) is 5.07. The van der Waals surface area contributed by atoms with Gasteiger partial charge in [-0.3, -0.25) is 4.79 Å². The van der Waals surface area contributed by atoms with Gasteiger partial charge in [-0.2, -0.15) is 5.10 Å². The van der Waals surface area contributed by atoms with Crippen molar-refractivity contribution in [3.63, 3.8) is 0 Å². The first kappa shape index (κ1) is 17.1. The summed E-state index contributed by atoms with van der Waals surface area (Å²) in [6.45, 7) is 1.95. The van der Waals surface area contributed by atoms with Crippen LogP contribution in [0.4, 0.5) is 0 Å². The molecular weight excluding hydrogens is 358 g/mol. The molecule has 1 amide bonds. The molecule has 1 atom stereocenters. The van der Waals surface area contributed by atoms with Crippen molar-refractivity contribution >= 4 is 17.2 Å². The molecule has 1 N–H and O–H groups in total. The van der Waals surface area contributed by atoms with Gasteiger partial charge in [-0.25, -0.2) is 14.6 Å². The van der Waals surface area contributed by atoms with Gasteiger partial charge in [-0.15, -0.1) is 11.3 Å². The average molecular weight is 375 g/mol. The van der Waals surface area contributed by atoms with Gasteiger partial charge in [0.2, 0.25) is 0 Å². The number of carbonyl (C=O) groups is 1. The van der Waals surface area contributed by atoms with Gasteiger partial charge in [0.1, 0.15) is 23.4 Å². The molecule has 2 heterocycles. The molecule has 0 bridgehead atoms. The van der Waals surface area contributed by atoms with Crippen molar-refractivity contribution in [3.8, 4) is 16.3 Å². The first-order valence-corrected chi connectivity index (χ1v) is 9.35. The van der Waals surface area contributed by atoms with Gasteiger partial charge >= 0.3 is 0 Å². The van der Waals surface area contributed by atoms with E-state index in [0.29, 0.717) is 5.69 Å². The van der Waals surface area contributed by atoms with Crippen molar-refractivity contribution in [2.45, 2.75) is 13.0 Å². The van der Waals surface area contributed by atoms with E-state index in [1.54, 1.807) is 16.4 Å². The highest BCUT2D eigenvalue weighted by molar-refractivity contribution is 7.13. The largest absolute Gasteiger partial charge is 0.344 e. The number of hydrogen-bond donors (Lipinski definition) is 1.